The molecule has 3 rings (SSSR count). The first-order valence-corrected chi connectivity index (χ1v) is 7.17. The van der Waals surface area contributed by atoms with E-state index in [1.807, 2.05) is 6.92 Å². The van der Waals surface area contributed by atoms with Gasteiger partial charge >= 0.3 is 5.97 Å². The molecule has 1 heterocycles. The Labute approximate surface area is 112 Å². The second kappa shape index (κ2) is 4.62. The first-order chi connectivity index (χ1) is 9.15. The van der Waals surface area contributed by atoms with Crippen LogP contribution in [-0.2, 0) is 14.9 Å². The van der Waals surface area contributed by atoms with Crippen molar-refractivity contribution in [2.75, 3.05) is 6.61 Å². The normalized spacial score (nSPS) is 28.3. The van der Waals surface area contributed by atoms with Gasteiger partial charge in [-0.15, -0.1) is 0 Å². The van der Waals surface area contributed by atoms with Gasteiger partial charge in [-0.3, -0.25) is 4.79 Å². The lowest BCUT2D eigenvalue weighted by molar-refractivity contribution is -0.146. The van der Waals surface area contributed by atoms with Gasteiger partial charge in [0, 0.05) is 5.92 Å². The molecule has 0 N–H and O–H groups in total. The number of ether oxygens (including phenoxy) is 1. The lowest BCUT2D eigenvalue weighted by Crippen LogP contribution is -2.23. The van der Waals surface area contributed by atoms with E-state index < -0.39 is 5.41 Å². The van der Waals surface area contributed by atoms with Crippen molar-refractivity contribution in [2.24, 2.45) is 5.92 Å². The van der Waals surface area contributed by atoms with Crippen LogP contribution in [0.25, 0.3) is 0 Å². The number of carbonyl (C=O) groups is 1. The summed E-state index contributed by atoms with van der Waals surface area (Å²) in [4.78, 5) is 16.4. The van der Waals surface area contributed by atoms with E-state index in [1.54, 1.807) is 0 Å². The summed E-state index contributed by atoms with van der Waals surface area (Å²) in [5, 5.41) is 4.09. The average Bonchev–Trinajstić information content (AvgIpc) is 2.84. The van der Waals surface area contributed by atoms with Crippen LogP contribution in [0.3, 0.4) is 0 Å². The van der Waals surface area contributed by atoms with Gasteiger partial charge in [-0.05, 0) is 44.9 Å². The molecule has 1 aromatic rings. The lowest BCUT2D eigenvalue weighted by atomic mass is 10.1. The van der Waals surface area contributed by atoms with Gasteiger partial charge in [-0.25, -0.2) is 0 Å². The Balaban J connectivity index is 1.76. The molecule has 2 unspecified atom stereocenters. The fourth-order valence-electron chi connectivity index (χ4n) is 2.94. The van der Waals surface area contributed by atoms with E-state index >= 15 is 0 Å². The molecular formula is C14H20N2O3. The highest BCUT2D eigenvalue weighted by Crippen LogP contribution is 2.49. The standard InChI is InChI=1S/C14H20N2O3/c1-3-18-13(17)14(6-7-14)12-15-11(16-19-12)10-5-4-9(2)8-10/h9-10H,3-8H2,1-2H3. The van der Waals surface area contributed by atoms with E-state index in [9.17, 15) is 4.79 Å². The van der Waals surface area contributed by atoms with Gasteiger partial charge in [0.25, 0.3) is 0 Å². The topological polar surface area (TPSA) is 65.2 Å². The van der Waals surface area contributed by atoms with E-state index in [1.165, 1.54) is 6.42 Å². The Morgan fingerprint density at radius 2 is 2.26 bits per heavy atom. The van der Waals surface area contributed by atoms with Crippen LogP contribution in [0.4, 0.5) is 0 Å². The number of rotatable bonds is 4. The second-order valence-corrected chi connectivity index (χ2v) is 5.88. The van der Waals surface area contributed by atoms with Crippen LogP contribution in [0, 0.1) is 5.92 Å². The summed E-state index contributed by atoms with van der Waals surface area (Å²) >= 11 is 0. The highest BCUT2D eigenvalue weighted by Gasteiger charge is 2.57. The Hall–Kier alpha value is -1.39. The van der Waals surface area contributed by atoms with Crippen molar-refractivity contribution in [3.63, 3.8) is 0 Å². The molecule has 5 heteroatoms. The molecule has 104 valence electrons. The summed E-state index contributed by atoms with van der Waals surface area (Å²) in [6.45, 7) is 4.46. The predicted molar refractivity (Wildman–Crippen MR) is 67.6 cm³/mol. The van der Waals surface area contributed by atoms with E-state index in [0.29, 0.717) is 18.4 Å². The number of hydrogen-bond acceptors (Lipinski definition) is 5. The molecule has 2 fully saturated rings. The third kappa shape index (κ3) is 2.15. The quantitative estimate of drug-likeness (QED) is 0.782. The molecule has 2 aliphatic carbocycles. The van der Waals surface area contributed by atoms with Crippen molar-refractivity contribution >= 4 is 5.97 Å². The fourth-order valence-corrected chi connectivity index (χ4v) is 2.94. The lowest BCUT2D eigenvalue weighted by Gasteiger charge is -2.08. The molecule has 0 aliphatic heterocycles. The van der Waals surface area contributed by atoms with Crippen LogP contribution in [0.2, 0.25) is 0 Å². The van der Waals surface area contributed by atoms with Crippen LogP contribution in [0.15, 0.2) is 4.52 Å². The molecular weight excluding hydrogens is 244 g/mol. The summed E-state index contributed by atoms with van der Waals surface area (Å²) in [6.07, 6.45) is 4.97. The zero-order chi connectivity index (χ0) is 13.5. The molecule has 0 amide bonds. The predicted octanol–water partition coefficient (Wildman–Crippen LogP) is 2.57. The minimum absolute atomic E-state index is 0.218. The number of carbonyl (C=O) groups excluding carboxylic acids is 1. The van der Waals surface area contributed by atoms with E-state index in [-0.39, 0.29) is 5.97 Å². The molecule has 0 spiro atoms. The van der Waals surface area contributed by atoms with Crippen molar-refractivity contribution in [3.8, 4) is 0 Å². The molecule has 2 saturated carbocycles. The maximum Gasteiger partial charge on any atom is 0.321 e. The Bertz CT molecular complexity index is 479. The van der Waals surface area contributed by atoms with E-state index in [2.05, 4.69) is 17.1 Å². The van der Waals surface area contributed by atoms with Crippen LogP contribution >= 0.6 is 0 Å². The Morgan fingerprint density at radius 3 is 2.84 bits per heavy atom. The molecule has 2 atom stereocenters. The number of esters is 1. The fraction of sp³-hybridized carbons (Fsp3) is 0.786. The van der Waals surface area contributed by atoms with Gasteiger partial charge in [-0.2, -0.15) is 4.98 Å². The van der Waals surface area contributed by atoms with Gasteiger partial charge in [0.15, 0.2) is 5.82 Å². The van der Waals surface area contributed by atoms with E-state index in [0.717, 1.165) is 37.4 Å². The molecule has 2 aliphatic rings. The largest absolute Gasteiger partial charge is 0.465 e. The van der Waals surface area contributed by atoms with Crippen LogP contribution in [0.5, 0.6) is 0 Å². The highest BCUT2D eigenvalue weighted by atomic mass is 16.5. The minimum atomic E-state index is -0.633. The second-order valence-electron chi connectivity index (χ2n) is 5.88. The van der Waals surface area contributed by atoms with Crippen molar-refractivity contribution < 1.29 is 14.1 Å². The van der Waals surface area contributed by atoms with Crippen LogP contribution < -0.4 is 0 Å². The molecule has 5 nitrogen and oxygen atoms in total. The van der Waals surface area contributed by atoms with Gasteiger partial charge in [-0.1, -0.05) is 12.1 Å². The molecule has 19 heavy (non-hydrogen) atoms. The summed E-state index contributed by atoms with van der Waals surface area (Å²) in [5.41, 5.74) is -0.633. The van der Waals surface area contributed by atoms with Crippen LogP contribution in [-0.4, -0.2) is 22.7 Å². The van der Waals surface area contributed by atoms with Gasteiger partial charge < -0.3 is 9.26 Å². The molecule has 0 saturated heterocycles. The number of hydrogen-bond donors (Lipinski definition) is 0. The maximum absolute atomic E-state index is 12.0. The molecule has 0 bridgehead atoms. The smallest absolute Gasteiger partial charge is 0.321 e. The first kappa shape index (κ1) is 12.6. The summed E-state index contributed by atoms with van der Waals surface area (Å²) in [7, 11) is 0. The average molecular weight is 264 g/mol. The van der Waals surface area contributed by atoms with Crippen molar-refractivity contribution in [1.29, 1.82) is 0 Å². The third-order valence-electron chi connectivity index (χ3n) is 4.33. The molecule has 0 radical (unpaired) electrons. The van der Waals surface area contributed by atoms with E-state index in [4.69, 9.17) is 9.26 Å². The Kier molecular flexibility index (Phi) is 3.07. The SMILES string of the molecule is CCOC(=O)C1(c2nc(C3CCC(C)C3)no2)CC1. The zero-order valence-corrected chi connectivity index (χ0v) is 11.5. The minimum Gasteiger partial charge on any atom is -0.465 e. The highest BCUT2D eigenvalue weighted by molar-refractivity contribution is 5.85. The zero-order valence-electron chi connectivity index (χ0n) is 11.5. The number of nitrogens with zero attached hydrogens (tertiary/aromatic N) is 2. The Morgan fingerprint density at radius 1 is 1.47 bits per heavy atom. The summed E-state index contributed by atoms with van der Waals surface area (Å²) in [6, 6.07) is 0. The molecule has 0 aromatic carbocycles. The maximum atomic E-state index is 12.0. The van der Waals surface area contributed by atoms with Crippen molar-refractivity contribution in [1.82, 2.24) is 10.1 Å². The first-order valence-electron chi connectivity index (χ1n) is 7.17. The van der Waals surface area contributed by atoms with Crippen molar-refractivity contribution in [2.45, 2.75) is 57.3 Å². The molecule has 1 aromatic heterocycles. The van der Waals surface area contributed by atoms with Crippen molar-refractivity contribution in [3.05, 3.63) is 11.7 Å². The van der Waals surface area contributed by atoms with Gasteiger partial charge in [0.1, 0.15) is 5.41 Å². The summed E-state index contributed by atoms with van der Waals surface area (Å²) in [5.74, 6) is 2.14. The summed E-state index contributed by atoms with van der Waals surface area (Å²) < 4.78 is 10.5. The van der Waals surface area contributed by atoms with Gasteiger partial charge in [0.2, 0.25) is 5.89 Å². The number of aromatic nitrogens is 2. The monoisotopic (exact) mass is 264 g/mol. The van der Waals surface area contributed by atoms with Crippen LogP contribution in [0.1, 0.15) is 63.6 Å². The van der Waals surface area contributed by atoms with Gasteiger partial charge in [0.05, 0.1) is 6.61 Å². The third-order valence-corrected chi connectivity index (χ3v) is 4.33.